The molecule has 4 heterocycles. The smallest absolute Gasteiger partial charge is 0.228 e. The Labute approximate surface area is 218 Å². The molecule has 1 aromatic carbocycles. The van der Waals surface area contributed by atoms with E-state index in [9.17, 15) is 4.79 Å². The van der Waals surface area contributed by atoms with E-state index in [1.807, 2.05) is 42.2 Å². The molecule has 8 heteroatoms. The number of aryl methyl sites for hydroxylation is 1. The highest BCUT2D eigenvalue weighted by molar-refractivity contribution is 6.42. The van der Waals surface area contributed by atoms with E-state index in [4.69, 9.17) is 28.9 Å². The van der Waals surface area contributed by atoms with Crippen molar-refractivity contribution in [2.24, 2.45) is 5.73 Å². The lowest BCUT2D eigenvalue weighted by Gasteiger charge is -2.49. The van der Waals surface area contributed by atoms with Gasteiger partial charge in [0.25, 0.3) is 0 Å². The van der Waals surface area contributed by atoms with Crippen LogP contribution >= 0.6 is 23.2 Å². The Balaban J connectivity index is 1.33. The van der Waals surface area contributed by atoms with E-state index >= 15 is 0 Å². The minimum absolute atomic E-state index is 0.131. The second-order valence-electron chi connectivity index (χ2n) is 10.6. The number of pyridine rings is 1. The van der Waals surface area contributed by atoms with Gasteiger partial charge in [0, 0.05) is 62.3 Å². The Bertz CT molecular complexity index is 1070. The van der Waals surface area contributed by atoms with Crippen LogP contribution in [0.25, 0.3) is 0 Å². The topological polar surface area (TPSA) is 65.7 Å². The van der Waals surface area contributed by atoms with Gasteiger partial charge in [0.1, 0.15) is 5.82 Å². The number of carbonyl (C=O) groups is 1. The third-order valence-corrected chi connectivity index (χ3v) is 8.94. The Morgan fingerprint density at radius 3 is 2.60 bits per heavy atom. The van der Waals surface area contributed by atoms with Crippen LogP contribution in [0.2, 0.25) is 10.0 Å². The van der Waals surface area contributed by atoms with Crippen molar-refractivity contribution in [2.75, 3.05) is 44.2 Å². The van der Waals surface area contributed by atoms with Gasteiger partial charge in [0.05, 0.1) is 10.0 Å². The minimum atomic E-state index is -0.198. The van der Waals surface area contributed by atoms with Gasteiger partial charge >= 0.3 is 0 Å². The summed E-state index contributed by atoms with van der Waals surface area (Å²) in [5.41, 5.74) is 7.95. The lowest BCUT2D eigenvalue weighted by atomic mass is 9.71. The number of anilines is 1. The number of carbonyl (C=O) groups excluding carboxylic acids is 1. The summed E-state index contributed by atoms with van der Waals surface area (Å²) in [5, 5.41) is 1.12. The van der Waals surface area contributed by atoms with Crippen molar-refractivity contribution in [3.8, 4) is 0 Å². The van der Waals surface area contributed by atoms with Gasteiger partial charge in [0.2, 0.25) is 5.91 Å². The average molecular weight is 517 g/mol. The summed E-state index contributed by atoms with van der Waals surface area (Å²) in [6.45, 7) is 8.00. The molecular weight excluding hydrogens is 481 g/mol. The first kappa shape index (κ1) is 25.0. The molecule has 6 nitrogen and oxygen atoms in total. The highest BCUT2D eigenvalue weighted by Gasteiger charge is 2.42. The van der Waals surface area contributed by atoms with Gasteiger partial charge in [-0.2, -0.15) is 0 Å². The number of nitrogens with two attached hydrogens (primary N) is 1. The molecule has 1 aromatic heterocycles. The van der Waals surface area contributed by atoms with Crippen LogP contribution in [0.15, 0.2) is 36.4 Å². The molecule has 0 radical (unpaired) electrons. The summed E-state index contributed by atoms with van der Waals surface area (Å²) >= 11 is 12.7. The lowest BCUT2D eigenvalue weighted by Crippen LogP contribution is -2.62. The minimum Gasteiger partial charge on any atom is -0.328 e. The first-order chi connectivity index (χ1) is 16.8. The Morgan fingerprint density at radius 1 is 1.11 bits per heavy atom. The number of aromatic nitrogens is 1. The molecule has 0 saturated carbocycles. The summed E-state index contributed by atoms with van der Waals surface area (Å²) in [4.78, 5) is 24.7. The SMILES string of the molecule is Cc1cccc(N2C[C@@](CCN3CC(N4CCC(N)CC4)C3)(c3ccc(Cl)c(Cl)c3)CCC2=O)n1. The van der Waals surface area contributed by atoms with E-state index in [-0.39, 0.29) is 11.3 Å². The van der Waals surface area contributed by atoms with E-state index in [1.165, 1.54) is 0 Å². The number of rotatable bonds is 6. The molecule has 3 fully saturated rings. The number of nitrogens with zero attached hydrogens (tertiary/aromatic N) is 4. The highest BCUT2D eigenvalue weighted by atomic mass is 35.5. The van der Waals surface area contributed by atoms with E-state index in [2.05, 4.69) is 20.9 Å². The molecule has 3 saturated heterocycles. The lowest BCUT2D eigenvalue weighted by molar-refractivity contribution is -0.120. The van der Waals surface area contributed by atoms with E-state index < -0.39 is 0 Å². The maximum atomic E-state index is 13.0. The fraction of sp³-hybridized carbons (Fsp3) is 0.556. The molecule has 2 N–H and O–H groups in total. The van der Waals surface area contributed by atoms with Crippen molar-refractivity contribution in [3.05, 3.63) is 57.7 Å². The fourth-order valence-electron chi connectivity index (χ4n) is 5.86. The molecule has 3 aliphatic rings. The summed E-state index contributed by atoms with van der Waals surface area (Å²) in [7, 11) is 0. The molecule has 5 rings (SSSR count). The first-order valence-electron chi connectivity index (χ1n) is 12.7. The number of hydrogen-bond donors (Lipinski definition) is 1. The van der Waals surface area contributed by atoms with Crippen molar-refractivity contribution in [2.45, 2.75) is 56.5 Å². The molecule has 0 spiro atoms. The molecule has 1 atom stereocenters. The molecule has 0 bridgehead atoms. The quantitative estimate of drug-likeness (QED) is 0.622. The Kier molecular flexibility index (Phi) is 7.38. The zero-order valence-electron chi connectivity index (χ0n) is 20.4. The first-order valence-corrected chi connectivity index (χ1v) is 13.5. The van der Waals surface area contributed by atoms with Crippen molar-refractivity contribution in [1.82, 2.24) is 14.8 Å². The van der Waals surface area contributed by atoms with Gasteiger partial charge in [-0.15, -0.1) is 0 Å². The van der Waals surface area contributed by atoms with Gasteiger partial charge in [-0.3, -0.25) is 14.6 Å². The second kappa shape index (κ2) is 10.3. The molecule has 2 aromatic rings. The van der Waals surface area contributed by atoms with Crippen LogP contribution < -0.4 is 10.6 Å². The van der Waals surface area contributed by atoms with Crippen molar-refractivity contribution < 1.29 is 4.79 Å². The summed E-state index contributed by atoms with van der Waals surface area (Å²) < 4.78 is 0. The number of amides is 1. The summed E-state index contributed by atoms with van der Waals surface area (Å²) in [5.74, 6) is 0.859. The zero-order chi connectivity index (χ0) is 24.6. The number of benzene rings is 1. The van der Waals surface area contributed by atoms with E-state index in [0.29, 0.717) is 35.1 Å². The zero-order valence-corrected chi connectivity index (χ0v) is 21.9. The van der Waals surface area contributed by atoms with E-state index in [1.54, 1.807) is 0 Å². The highest BCUT2D eigenvalue weighted by Crippen LogP contribution is 2.41. The summed E-state index contributed by atoms with van der Waals surface area (Å²) in [6.07, 6.45) is 4.46. The standard InChI is InChI=1S/C27H35Cl2N5O/c1-19-3-2-4-25(31-19)34-18-27(10-7-26(34)35,20-5-6-23(28)24(29)15-20)11-14-32-16-22(17-32)33-12-8-21(30)9-13-33/h2-6,15,21-22H,7-14,16-18,30H2,1H3/t27-/m1/s1. The van der Waals surface area contributed by atoms with Crippen molar-refractivity contribution in [3.63, 3.8) is 0 Å². The van der Waals surface area contributed by atoms with Gasteiger partial charge < -0.3 is 10.6 Å². The Morgan fingerprint density at radius 2 is 1.89 bits per heavy atom. The molecule has 3 aliphatic heterocycles. The maximum absolute atomic E-state index is 13.0. The van der Waals surface area contributed by atoms with Gasteiger partial charge in [-0.05, 0) is 69.0 Å². The monoisotopic (exact) mass is 515 g/mol. The maximum Gasteiger partial charge on any atom is 0.228 e. The van der Waals surface area contributed by atoms with E-state index in [0.717, 1.165) is 75.5 Å². The number of hydrogen-bond acceptors (Lipinski definition) is 5. The fourth-order valence-corrected chi connectivity index (χ4v) is 6.16. The van der Waals surface area contributed by atoms with Crippen LogP contribution in [-0.4, -0.2) is 72.0 Å². The van der Waals surface area contributed by atoms with Crippen molar-refractivity contribution >= 4 is 34.9 Å². The largest absolute Gasteiger partial charge is 0.328 e. The van der Waals surface area contributed by atoms with Crippen LogP contribution in [0.1, 0.15) is 43.4 Å². The molecule has 35 heavy (non-hydrogen) atoms. The molecule has 0 unspecified atom stereocenters. The van der Waals surface area contributed by atoms with Crippen LogP contribution in [0.4, 0.5) is 5.82 Å². The third kappa shape index (κ3) is 5.37. The van der Waals surface area contributed by atoms with Gasteiger partial charge in [-0.1, -0.05) is 35.3 Å². The predicted molar refractivity (Wildman–Crippen MR) is 142 cm³/mol. The van der Waals surface area contributed by atoms with Crippen LogP contribution in [-0.2, 0) is 10.2 Å². The molecule has 0 aliphatic carbocycles. The summed E-state index contributed by atoms with van der Waals surface area (Å²) in [6, 6.07) is 12.8. The molecule has 1 amide bonds. The second-order valence-corrected chi connectivity index (χ2v) is 11.4. The van der Waals surface area contributed by atoms with Crippen LogP contribution in [0.5, 0.6) is 0 Å². The number of likely N-dealkylation sites (tertiary alicyclic amines) is 2. The van der Waals surface area contributed by atoms with Gasteiger partial charge in [0.15, 0.2) is 0 Å². The normalized spacial score (nSPS) is 25.1. The third-order valence-electron chi connectivity index (χ3n) is 8.20. The van der Waals surface area contributed by atoms with Crippen molar-refractivity contribution in [1.29, 1.82) is 0 Å². The van der Waals surface area contributed by atoms with Gasteiger partial charge in [-0.25, -0.2) is 4.98 Å². The average Bonchev–Trinajstić information content (AvgIpc) is 2.82. The Hall–Kier alpha value is -1.70. The number of halogens is 2. The molecular formula is C27H35Cl2N5O. The predicted octanol–water partition coefficient (Wildman–Crippen LogP) is 4.26. The molecule has 188 valence electrons. The van der Waals surface area contributed by atoms with Crippen LogP contribution in [0.3, 0.4) is 0 Å². The number of piperidine rings is 2. The van der Waals surface area contributed by atoms with Crippen LogP contribution in [0, 0.1) is 6.92 Å².